The van der Waals surface area contributed by atoms with Gasteiger partial charge in [0.1, 0.15) is 0 Å². The van der Waals surface area contributed by atoms with Crippen LogP contribution in [0, 0.1) is 0 Å². The van der Waals surface area contributed by atoms with Gasteiger partial charge in [0.25, 0.3) is 0 Å². The highest BCUT2D eigenvalue weighted by Crippen LogP contribution is 2.37. The average molecular weight is 298 g/mol. The maximum Gasteiger partial charge on any atom is 0.0532 e. The van der Waals surface area contributed by atoms with E-state index in [1.54, 1.807) is 0 Å². The highest BCUT2D eigenvalue weighted by molar-refractivity contribution is 7.99. The second kappa shape index (κ2) is 6.54. The molecular weight excluding hydrogens is 276 g/mol. The lowest BCUT2D eigenvalue weighted by molar-refractivity contribution is 0.402. The van der Waals surface area contributed by atoms with Crippen LogP contribution in [0.4, 0.5) is 5.69 Å². The Kier molecular flexibility index (Phi) is 4.51. The number of rotatable bonds is 4. The maximum atomic E-state index is 3.69. The van der Waals surface area contributed by atoms with Crippen LogP contribution < -0.4 is 5.32 Å². The highest BCUT2D eigenvalue weighted by Gasteiger charge is 2.19. The Labute approximate surface area is 131 Å². The standard InChI is InChI=1S/C18H22N2S/c1-20(2)13-14-7-9-15(10-8-14)19-17-11-12-21-18-6-4-3-5-16(17)18/h3-10,17,19H,11-13H2,1-2H3. The van der Waals surface area contributed by atoms with Crippen molar-refractivity contribution >= 4 is 17.4 Å². The van der Waals surface area contributed by atoms with E-state index in [0.29, 0.717) is 6.04 Å². The Hall–Kier alpha value is -1.45. The number of hydrogen-bond acceptors (Lipinski definition) is 3. The van der Waals surface area contributed by atoms with Crippen molar-refractivity contribution in [2.24, 2.45) is 0 Å². The minimum atomic E-state index is 0.433. The van der Waals surface area contributed by atoms with Gasteiger partial charge in [-0.25, -0.2) is 0 Å². The fraction of sp³-hybridized carbons (Fsp3) is 0.333. The quantitative estimate of drug-likeness (QED) is 0.901. The monoisotopic (exact) mass is 298 g/mol. The molecule has 0 fully saturated rings. The molecule has 1 unspecified atom stereocenters. The van der Waals surface area contributed by atoms with Crippen molar-refractivity contribution in [3.8, 4) is 0 Å². The summed E-state index contributed by atoms with van der Waals surface area (Å²) in [6, 6.07) is 18.0. The number of fused-ring (bicyclic) bond motifs is 1. The smallest absolute Gasteiger partial charge is 0.0532 e. The van der Waals surface area contributed by atoms with Crippen molar-refractivity contribution in [3.05, 3.63) is 59.7 Å². The first-order valence-electron chi connectivity index (χ1n) is 7.44. The summed E-state index contributed by atoms with van der Waals surface area (Å²) in [7, 11) is 4.20. The lowest BCUT2D eigenvalue weighted by Crippen LogP contribution is -2.16. The second-order valence-corrected chi connectivity index (χ2v) is 6.94. The van der Waals surface area contributed by atoms with Crippen molar-refractivity contribution in [3.63, 3.8) is 0 Å². The fourth-order valence-corrected chi connectivity index (χ4v) is 3.89. The van der Waals surface area contributed by atoms with Crippen LogP contribution in [-0.4, -0.2) is 24.7 Å². The number of nitrogens with zero attached hydrogens (tertiary/aromatic N) is 1. The van der Waals surface area contributed by atoms with Gasteiger partial charge in [0.05, 0.1) is 6.04 Å². The zero-order chi connectivity index (χ0) is 14.7. The first-order valence-corrected chi connectivity index (χ1v) is 8.43. The minimum absolute atomic E-state index is 0.433. The number of thioether (sulfide) groups is 1. The van der Waals surface area contributed by atoms with E-state index in [2.05, 4.69) is 72.8 Å². The molecule has 3 heteroatoms. The maximum absolute atomic E-state index is 3.69. The molecule has 0 amide bonds. The highest BCUT2D eigenvalue weighted by atomic mass is 32.2. The van der Waals surface area contributed by atoms with E-state index in [1.807, 2.05) is 11.8 Å². The average Bonchev–Trinajstić information content (AvgIpc) is 2.49. The summed E-state index contributed by atoms with van der Waals surface area (Å²) in [4.78, 5) is 3.61. The molecule has 21 heavy (non-hydrogen) atoms. The third kappa shape index (κ3) is 3.60. The SMILES string of the molecule is CN(C)Cc1ccc(NC2CCSc3ccccc32)cc1. The summed E-state index contributed by atoms with van der Waals surface area (Å²) < 4.78 is 0. The molecule has 0 bridgehead atoms. The van der Waals surface area contributed by atoms with Gasteiger partial charge < -0.3 is 10.2 Å². The van der Waals surface area contributed by atoms with Gasteiger partial charge in [0.15, 0.2) is 0 Å². The Bertz CT molecular complexity index is 592. The van der Waals surface area contributed by atoms with Crippen LogP contribution in [0.25, 0.3) is 0 Å². The molecule has 0 saturated carbocycles. The van der Waals surface area contributed by atoms with Crippen LogP contribution in [0.5, 0.6) is 0 Å². The summed E-state index contributed by atoms with van der Waals surface area (Å²) in [6.07, 6.45) is 1.18. The topological polar surface area (TPSA) is 15.3 Å². The molecule has 1 atom stereocenters. The van der Waals surface area contributed by atoms with E-state index >= 15 is 0 Å². The third-order valence-corrected chi connectivity index (χ3v) is 4.87. The molecular formula is C18H22N2S. The van der Waals surface area contributed by atoms with Crippen molar-refractivity contribution < 1.29 is 0 Å². The van der Waals surface area contributed by atoms with Crippen molar-refractivity contribution in [2.45, 2.75) is 23.9 Å². The first-order chi connectivity index (χ1) is 10.2. The fourth-order valence-electron chi connectivity index (χ4n) is 2.76. The van der Waals surface area contributed by atoms with Crippen molar-refractivity contribution in [2.75, 3.05) is 25.2 Å². The van der Waals surface area contributed by atoms with E-state index in [4.69, 9.17) is 0 Å². The number of hydrogen-bond donors (Lipinski definition) is 1. The number of nitrogens with one attached hydrogen (secondary N) is 1. The normalized spacial score (nSPS) is 17.6. The molecule has 1 heterocycles. The predicted octanol–water partition coefficient (Wildman–Crippen LogP) is 4.40. The van der Waals surface area contributed by atoms with Gasteiger partial charge in [-0.15, -0.1) is 11.8 Å². The second-order valence-electron chi connectivity index (χ2n) is 5.81. The summed E-state index contributed by atoms with van der Waals surface area (Å²) in [5.41, 5.74) is 4.00. The summed E-state index contributed by atoms with van der Waals surface area (Å²) in [6.45, 7) is 0.989. The molecule has 1 aliphatic heterocycles. The van der Waals surface area contributed by atoms with Crippen LogP contribution in [0.2, 0.25) is 0 Å². The van der Waals surface area contributed by atoms with Crippen molar-refractivity contribution in [1.82, 2.24) is 4.90 Å². The van der Waals surface area contributed by atoms with E-state index in [-0.39, 0.29) is 0 Å². The van der Waals surface area contributed by atoms with Gasteiger partial charge >= 0.3 is 0 Å². The molecule has 2 aromatic rings. The van der Waals surface area contributed by atoms with E-state index in [1.165, 1.54) is 33.9 Å². The largest absolute Gasteiger partial charge is 0.378 e. The summed E-state index contributed by atoms with van der Waals surface area (Å²) in [5.74, 6) is 1.19. The van der Waals surface area contributed by atoms with Gasteiger partial charge in [-0.3, -0.25) is 0 Å². The van der Waals surface area contributed by atoms with Crippen LogP contribution in [-0.2, 0) is 6.54 Å². The molecule has 1 N–H and O–H groups in total. The molecule has 1 aliphatic rings. The van der Waals surface area contributed by atoms with Crippen LogP contribution in [0.15, 0.2) is 53.4 Å². The molecule has 0 aromatic heterocycles. The van der Waals surface area contributed by atoms with Gasteiger partial charge in [0, 0.05) is 22.9 Å². The van der Waals surface area contributed by atoms with E-state index in [0.717, 1.165) is 6.54 Å². The van der Waals surface area contributed by atoms with E-state index < -0.39 is 0 Å². The molecule has 0 spiro atoms. The minimum Gasteiger partial charge on any atom is -0.378 e. The van der Waals surface area contributed by atoms with E-state index in [9.17, 15) is 0 Å². The van der Waals surface area contributed by atoms with Crippen LogP contribution in [0.1, 0.15) is 23.6 Å². The Morgan fingerprint density at radius 2 is 1.86 bits per heavy atom. The molecule has 0 aliphatic carbocycles. The first kappa shape index (κ1) is 14.5. The number of anilines is 1. The molecule has 2 aromatic carbocycles. The van der Waals surface area contributed by atoms with Crippen molar-refractivity contribution in [1.29, 1.82) is 0 Å². The Morgan fingerprint density at radius 1 is 1.10 bits per heavy atom. The van der Waals surface area contributed by atoms with Gasteiger partial charge in [0.2, 0.25) is 0 Å². The molecule has 110 valence electrons. The lowest BCUT2D eigenvalue weighted by Gasteiger charge is -2.26. The Balaban J connectivity index is 1.73. The molecule has 0 saturated heterocycles. The zero-order valence-corrected chi connectivity index (χ0v) is 13.5. The van der Waals surface area contributed by atoms with Crippen LogP contribution in [0.3, 0.4) is 0 Å². The number of benzene rings is 2. The molecule has 3 rings (SSSR count). The van der Waals surface area contributed by atoms with Gasteiger partial charge in [-0.1, -0.05) is 30.3 Å². The van der Waals surface area contributed by atoms with Gasteiger partial charge in [-0.2, -0.15) is 0 Å². The van der Waals surface area contributed by atoms with Gasteiger partial charge in [-0.05, 0) is 49.8 Å². The van der Waals surface area contributed by atoms with Crippen LogP contribution >= 0.6 is 11.8 Å². The third-order valence-electron chi connectivity index (χ3n) is 3.75. The molecule has 0 radical (unpaired) electrons. The summed E-state index contributed by atoms with van der Waals surface area (Å²) >= 11 is 1.97. The molecule has 2 nitrogen and oxygen atoms in total. The zero-order valence-electron chi connectivity index (χ0n) is 12.7. The predicted molar refractivity (Wildman–Crippen MR) is 92.0 cm³/mol. The Morgan fingerprint density at radius 3 is 2.62 bits per heavy atom. The summed E-state index contributed by atoms with van der Waals surface area (Å²) in [5, 5.41) is 3.69. The lowest BCUT2D eigenvalue weighted by atomic mass is 10.0.